The van der Waals surface area contributed by atoms with Crippen LogP contribution in [0.15, 0.2) is 12.3 Å². The van der Waals surface area contributed by atoms with Gasteiger partial charge in [0.15, 0.2) is 0 Å². The molecule has 5 nitrogen and oxygen atoms in total. The maximum Gasteiger partial charge on any atom is 0.254 e. The first kappa shape index (κ1) is 13.7. The minimum absolute atomic E-state index is 0.0973. The van der Waals surface area contributed by atoms with Crippen LogP contribution >= 0.6 is 11.6 Å². The number of nitrogens with zero attached hydrogens (tertiary/aromatic N) is 1. The molecule has 1 aromatic rings. The Hall–Kier alpha value is -1.33. The zero-order valence-electron chi connectivity index (χ0n) is 9.87. The van der Waals surface area contributed by atoms with Crippen LogP contribution in [0.4, 0.5) is 5.69 Å². The average Bonchev–Trinajstić information content (AvgIpc) is 2.29. The van der Waals surface area contributed by atoms with E-state index in [2.05, 4.69) is 10.3 Å². The fourth-order valence-electron chi connectivity index (χ4n) is 1.26. The number of hydrogen-bond acceptors (Lipinski definition) is 4. The molecule has 1 unspecified atom stereocenters. The van der Waals surface area contributed by atoms with E-state index in [1.54, 1.807) is 0 Å². The van der Waals surface area contributed by atoms with Gasteiger partial charge in [-0.05, 0) is 19.9 Å². The van der Waals surface area contributed by atoms with E-state index >= 15 is 0 Å². The lowest BCUT2D eigenvalue weighted by atomic mass is 10.2. The predicted octanol–water partition coefficient (Wildman–Crippen LogP) is 1.47. The highest BCUT2D eigenvalue weighted by Crippen LogP contribution is 2.15. The molecule has 6 heteroatoms. The number of nitrogens with two attached hydrogens (primary N) is 1. The highest BCUT2D eigenvalue weighted by molar-refractivity contribution is 6.32. The summed E-state index contributed by atoms with van der Waals surface area (Å²) in [5.41, 5.74) is 6.22. The van der Waals surface area contributed by atoms with E-state index in [9.17, 15) is 4.79 Å². The van der Waals surface area contributed by atoms with Crippen molar-refractivity contribution < 1.29 is 9.53 Å². The van der Waals surface area contributed by atoms with Gasteiger partial charge in [0.2, 0.25) is 0 Å². The number of rotatable bonds is 5. The topological polar surface area (TPSA) is 77.2 Å². The zero-order valence-corrected chi connectivity index (χ0v) is 10.6. The second-order valence-corrected chi connectivity index (χ2v) is 4.00. The summed E-state index contributed by atoms with van der Waals surface area (Å²) in [5, 5.41) is 2.89. The minimum atomic E-state index is -0.304. The van der Waals surface area contributed by atoms with Crippen molar-refractivity contribution in [3.63, 3.8) is 0 Å². The SMILES string of the molecule is CCOCC(C)NC(=O)c1cc(N)cnc1Cl. The molecule has 3 N–H and O–H groups in total. The van der Waals surface area contributed by atoms with Crippen LogP contribution in [0.1, 0.15) is 24.2 Å². The van der Waals surface area contributed by atoms with Gasteiger partial charge in [-0.15, -0.1) is 0 Å². The molecular weight excluding hydrogens is 242 g/mol. The third kappa shape index (κ3) is 4.20. The van der Waals surface area contributed by atoms with E-state index in [0.29, 0.717) is 18.9 Å². The van der Waals surface area contributed by atoms with Gasteiger partial charge in [0.1, 0.15) is 5.15 Å². The number of aromatic nitrogens is 1. The molecule has 1 atom stereocenters. The van der Waals surface area contributed by atoms with Crippen molar-refractivity contribution in [3.05, 3.63) is 23.0 Å². The average molecular weight is 258 g/mol. The quantitative estimate of drug-likeness (QED) is 0.783. The third-order valence-corrected chi connectivity index (χ3v) is 2.36. The summed E-state index contributed by atoms with van der Waals surface area (Å²) < 4.78 is 5.20. The van der Waals surface area contributed by atoms with Gasteiger partial charge >= 0.3 is 0 Å². The Kier molecular flexibility index (Phi) is 5.18. The Bertz CT molecular complexity index is 398. The molecule has 0 saturated carbocycles. The number of hydrogen-bond donors (Lipinski definition) is 2. The molecule has 1 aromatic heterocycles. The van der Waals surface area contributed by atoms with Crippen LogP contribution < -0.4 is 11.1 Å². The Labute approximate surface area is 105 Å². The molecule has 1 heterocycles. The zero-order chi connectivity index (χ0) is 12.8. The number of carbonyl (C=O) groups excluding carboxylic acids is 1. The Morgan fingerprint density at radius 2 is 2.41 bits per heavy atom. The molecule has 0 aromatic carbocycles. The second-order valence-electron chi connectivity index (χ2n) is 3.64. The normalized spacial score (nSPS) is 12.2. The molecule has 0 aliphatic rings. The van der Waals surface area contributed by atoms with E-state index < -0.39 is 0 Å². The van der Waals surface area contributed by atoms with Crippen molar-refractivity contribution in [1.82, 2.24) is 10.3 Å². The molecule has 0 aliphatic heterocycles. The number of nitrogens with one attached hydrogen (secondary N) is 1. The van der Waals surface area contributed by atoms with Crippen molar-refractivity contribution in [2.45, 2.75) is 19.9 Å². The van der Waals surface area contributed by atoms with Crippen LogP contribution in [0.3, 0.4) is 0 Å². The van der Waals surface area contributed by atoms with Crippen molar-refractivity contribution in [2.24, 2.45) is 0 Å². The highest BCUT2D eigenvalue weighted by atomic mass is 35.5. The highest BCUT2D eigenvalue weighted by Gasteiger charge is 2.14. The minimum Gasteiger partial charge on any atom is -0.397 e. The van der Waals surface area contributed by atoms with Gasteiger partial charge in [0.25, 0.3) is 5.91 Å². The van der Waals surface area contributed by atoms with Gasteiger partial charge in [0, 0.05) is 12.6 Å². The summed E-state index contributed by atoms with van der Waals surface area (Å²) in [6.07, 6.45) is 1.41. The number of anilines is 1. The maximum absolute atomic E-state index is 11.8. The lowest BCUT2D eigenvalue weighted by Crippen LogP contribution is -2.36. The molecule has 1 amide bonds. The number of nitrogen functional groups attached to an aromatic ring is 1. The van der Waals surface area contributed by atoms with Crippen LogP contribution in [0.5, 0.6) is 0 Å². The first-order valence-corrected chi connectivity index (χ1v) is 5.72. The van der Waals surface area contributed by atoms with Crippen LogP contribution in [0, 0.1) is 0 Å². The van der Waals surface area contributed by atoms with E-state index in [1.165, 1.54) is 12.3 Å². The molecule has 0 bridgehead atoms. The molecule has 0 aliphatic carbocycles. The lowest BCUT2D eigenvalue weighted by Gasteiger charge is -2.14. The Balaban J connectivity index is 2.66. The molecule has 0 fully saturated rings. The van der Waals surface area contributed by atoms with Crippen molar-refractivity contribution in [3.8, 4) is 0 Å². The molecule has 0 radical (unpaired) electrons. The molecule has 17 heavy (non-hydrogen) atoms. The van der Waals surface area contributed by atoms with Crippen molar-refractivity contribution in [1.29, 1.82) is 0 Å². The van der Waals surface area contributed by atoms with Gasteiger partial charge < -0.3 is 15.8 Å². The number of amides is 1. The summed E-state index contributed by atoms with van der Waals surface area (Å²) in [6, 6.07) is 1.40. The molecule has 0 saturated heterocycles. The van der Waals surface area contributed by atoms with Crippen molar-refractivity contribution >= 4 is 23.2 Å². The van der Waals surface area contributed by atoms with Gasteiger partial charge in [0.05, 0.1) is 24.1 Å². The number of halogens is 1. The standard InChI is InChI=1S/C11H16ClN3O2/c1-3-17-6-7(2)15-11(16)9-4-8(13)5-14-10(9)12/h4-5,7H,3,6,13H2,1-2H3,(H,15,16). The van der Waals surface area contributed by atoms with Gasteiger partial charge in [-0.25, -0.2) is 4.98 Å². The summed E-state index contributed by atoms with van der Waals surface area (Å²) in [7, 11) is 0. The van der Waals surface area contributed by atoms with Crippen LogP contribution in [0.2, 0.25) is 5.15 Å². The van der Waals surface area contributed by atoms with E-state index in [4.69, 9.17) is 22.1 Å². The van der Waals surface area contributed by atoms with Gasteiger partial charge in [-0.2, -0.15) is 0 Å². The first-order valence-electron chi connectivity index (χ1n) is 5.34. The van der Waals surface area contributed by atoms with Crippen molar-refractivity contribution in [2.75, 3.05) is 18.9 Å². The summed E-state index contributed by atoms with van der Waals surface area (Å²) in [6.45, 7) is 4.81. The van der Waals surface area contributed by atoms with E-state index in [0.717, 1.165) is 0 Å². The van der Waals surface area contributed by atoms with Crippen LogP contribution in [-0.4, -0.2) is 30.1 Å². The summed E-state index contributed by atoms with van der Waals surface area (Å²) in [5.74, 6) is -0.304. The largest absolute Gasteiger partial charge is 0.397 e. The fraction of sp³-hybridized carbons (Fsp3) is 0.455. The Morgan fingerprint density at radius 3 is 3.06 bits per heavy atom. The first-order chi connectivity index (χ1) is 8.04. The summed E-state index contributed by atoms with van der Waals surface area (Å²) in [4.78, 5) is 15.7. The van der Waals surface area contributed by atoms with Gasteiger partial charge in [-0.3, -0.25) is 4.79 Å². The monoisotopic (exact) mass is 257 g/mol. The second kappa shape index (κ2) is 6.42. The van der Waals surface area contributed by atoms with E-state index in [1.807, 2.05) is 13.8 Å². The van der Waals surface area contributed by atoms with Crippen LogP contribution in [0.25, 0.3) is 0 Å². The predicted molar refractivity (Wildman–Crippen MR) is 67.1 cm³/mol. The number of pyridine rings is 1. The fourth-order valence-corrected chi connectivity index (χ4v) is 1.45. The Morgan fingerprint density at radius 1 is 1.71 bits per heavy atom. The number of ether oxygens (including phenoxy) is 1. The number of carbonyl (C=O) groups is 1. The maximum atomic E-state index is 11.8. The molecular formula is C11H16ClN3O2. The van der Waals surface area contributed by atoms with Crippen LogP contribution in [-0.2, 0) is 4.74 Å². The van der Waals surface area contributed by atoms with E-state index in [-0.39, 0.29) is 22.7 Å². The molecule has 0 spiro atoms. The molecule has 1 rings (SSSR count). The smallest absolute Gasteiger partial charge is 0.254 e. The third-order valence-electron chi connectivity index (χ3n) is 2.05. The van der Waals surface area contributed by atoms with Gasteiger partial charge in [-0.1, -0.05) is 11.6 Å². The molecule has 94 valence electrons. The lowest BCUT2D eigenvalue weighted by molar-refractivity contribution is 0.0872. The summed E-state index contributed by atoms with van der Waals surface area (Å²) >= 11 is 5.82.